The van der Waals surface area contributed by atoms with E-state index in [4.69, 9.17) is 9.84 Å². The average Bonchev–Trinajstić information content (AvgIpc) is 2.65. The number of ether oxygens (including phenoxy) is 1. The fraction of sp³-hybridized carbons (Fsp3) is 0.556. The zero-order chi connectivity index (χ0) is 12.6. The predicted molar refractivity (Wildman–Crippen MR) is 64.5 cm³/mol. The molecule has 0 unspecified atom stereocenters. The zero-order valence-corrected chi connectivity index (χ0v) is 10.8. The summed E-state index contributed by atoms with van der Waals surface area (Å²) in [7, 11) is 0. The number of hydrogen-bond acceptors (Lipinski definition) is 4. The molecule has 1 aliphatic heterocycles. The normalized spacial score (nSPS) is 28.5. The summed E-state index contributed by atoms with van der Waals surface area (Å²) >= 11 is 1.74. The van der Waals surface area contributed by atoms with Gasteiger partial charge in [0.2, 0.25) is 0 Å². The molecule has 1 aliphatic rings. The molecule has 2 N–H and O–H groups in total. The van der Waals surface area contributed by atoms with Crippen molar-refractivity contribution in [3.05, 3.63) is 30.6 Å². The Balaban J connectivity index is 2.38. The lowest BCUT2D eigenvalue weighted by atomic mass is 10.2. The largest absolute Gasteiger partial charge is 0.394 e. The van der Waals surface area contributed by atoms with Crippen LogP contribution in [0.3, 0.4) is 0 Å². The molecule has 1 fully saturated rings. The molecule has 0 aromatic carbocycles. The summed E-state index contributed by atoms with van der Waals surface area (Å²) in [5.41, 5.74) is -1.24. The molecule has 17 heavy (non-hydrogen) atoms. The molecular formula is C9H10FIN2O4. The van der Waals surface area contributed by atoms with Crippen molar-refractivity contribution in [2.45, 2.75) is 24.9 Å². The van der Waals surface area contributed by atoms with Crippen LogP contribution in [-0.4, -0.2) is 33.5 Å². The molecule has 3 atom stereocenters. The summed E-state index contributed by atoms with van der Waals surface area (Å²) in [4.78, 5) is 24.7. The fourth-order valence-electron chi connectivity index (χ4n) is 1.71. The van der Waals surface area contributed by atoms with E-state index in [-0.39, 0.29) is 16.6 Å². The number of hydrogen-bond donors (Lipinski definition) is 2. The van der Waals surface area contributed by atoms with Crippen LogP contribution in [0, 0.1) is 3.57 Å². The molecule has 1 saturated heterocycles. The monoisotopic (exact) mass is 356 g/mol. The summed E-state index contributed by atoms with van der Waals surface area (Å²) in [5, 5.41) is 8.88. The number of halogens is 2. The maximum absolute atomic E-state index is 13.6. The van der Waals surface area contributed by atoms with E-state index in [1.54, 1.807) is 22.6 Å². The minimum atomic E-state index is -1.38. The van der Waals surface area contributed by atoms with Crippen molar-refractivity contribution in [3.63, 3.8) is 0 Å². The number of H-pyrrole nitrogens is 1. The zero-order valence-electron chi connectivity index (χ0n) is 8.60. The average molecular weight is 356 g/mol. The van der Waals surface area contributed by atoms with E-state index in [1.807, 2.05) is 0 Å². The highest BCUT2D eigenvalue weighted by molar-refractivity contribution is 14.1. The van der Waals surface area contributed by atoms with Gasteiger partial charge in [-0.2, -0.15) is 0 Å². The second kappa shape index (κ2) is 4.86. The smallest absolute Gasteiger partial charge is 0.330 e. The van der Waals surface area contributed by atoms with E-state index in [2.05, 4.69) is 4.98 Å². The molecule has 0 radical (unpaired) electrons. The highest BCUT2D eigenvalue weighted by atomic mass is 127. The van der Waals surface area contributed by atoms with E-state index in [9.17, 15) is 14.0 Å². The van der Waals surface area contributed by atoms with Gasteiger partial charge in [0.05, 0.1) is 16.3 Å². The molecule has 1 aromatic rings. The van der Waals surface area contributed by atoms with Gasteiger partial charge in [0.25, 0.3) is 5.56 Å². The molecule has 2 rings (SSSR count). The molecule has 0 bridgehead atoms. The molecule has 0 amide bonds. The van der Waals surface area contributed by atoms with Crippen molar-refractivity contribution >= 4 is 22.6 Å². The molecule has 2 heterocycles. The lowest BCUT2D eigenvalue weighted by Gasteiger charge is -2.16. The molecule has 6 nitrogen and oxygen atoms in total. The first-order chi connectivity index (χ1) is 8.02. The third-order valence-corrected chi connectivity index (χ3v) is 3.30. The highest BCUT2D eigenvalue weighted by Gasteiger charge is 2.37. The second-order valence-electron chi connectivity index (χ2n) is 3.73. The number of alkyl halides is 1. The maximum atomic E-state index is 13.6. The summed E-state index contributed by atoms with van der Waals surface area (Å²) in [6.45, 7) is -0.299. The fourth-order valence-corrected chi connectivity index (χ4v) is 2.15. The minimum absolute atomic E-state index is 0.0311. The van der Waals surface area contributed by atoms with Crippen molar-refractivity contribution in [3.8, 4) is 0 Å². The number of aliphatic hydroxyl groups is 1. The van der Waals surface area contributed by atoms with Crippen LogP contribution in [0.25, 0.3) is 0 Å². The van der Waals surface area contributed by atoms with Crippen LogP contribution in [0.2, 0.25) is 0 Å². The Morgan fingerprint density at radius 1 is 1.65 bits per heavy atom. The molecule has 8 heteroatoms. The molecule has 94 valence electrons. The quantitative estimate of drug-likeness (QED) is 0.717. The van der Waals surface area contributed by atoms with E-state index < -0.39 is 29.8 Å². The molecule has 0 saturated carbocycles. The van der Waals surface area contributed by atoms with Gasteiger partial charge >= 0.3 is 5.69 Å². The van der Waals surface area contributed by atoms with Crippen LogP contribution < -0.4 is 11.2 Å². The van der Waals surface area contributed by atoms with Crippen molar-refractivity contribution in [2.75, 3.05) is 6.61 Å². The van der Waals surface area contributed by atoms with E-state index in [0.29, 0.717) is 0 Å². The van der Waals surface area contributed by atoms with Crippen LogP contribution >= 0.6 is 22.6 Å². The van der Waals surface area contributed by atoms with Crippen LogP contribution in [0.15, 0.2) is 15.8 Å². The number of aromatic amines is 1. The van der Waals surface area contributed by atoms with E-state index in [0.717, 1.165) is 4.57 Å². The number of nitrogens with zero attached hydrogens (tertiary/aromatic N) is 1. The van der Waals surface area contributed by atoms with Gasteiger partial charge in [-0.25, -0.2) is 9.18 Å². The lowest BCUT2D eigenvalue weighted by molar-refractivity contribution is -0.0395. The maximum Gasteiger partial charge on any atom is 0.330 e. The first-order valence-electron chi connectivity index (χ1n) is 4.94. The standard InChI is InChI=1S/C9H10FIN2O4/c10-5-1-4(3-14)17-8(5)13-2-6(11)7(15)12-9(13)16/h2,4-5,8,14H,1,3H2,(H,12,15,16)/t4-,5-,8+/m1/s1. The first-order valence-corrected chi connectivity index (χ1v) is 6.02. The van der Waals surface area contributed by atoms with Gasteiger partial charge < -0.3 is 9.84 Å². The van der Waals surface area contributed by atoms with Crippen LogP contribution in [-0.2, 0) is 4.74 Å². The SMILES string of the molecule is O=c1[nH]c(=O)n([C@H]2O[C@@H](CO)C[C@H]2F)cc1I. The minimum Gasteiger partial charge on any atom is -0.394 e. The van der Waals surface area contributed by atoms with Crippen molar-refractivity contribution in [1.29, 1.82) is 0 Å². The van der Waals surface area contributed by atoms with Crippen molar-refractivity contribution < 1.29 is 14.2 Å². The number of aromatic nitrogens is 2. The number of nitrogens with one attached hydrogen (secondary N) is 1. The summed E-state index contributed by atoms with van der Waals surface area (Å²) < 4.78 is 20.1. The Kier molecular flexibility index (Phi) is 3.64. The number of rotatable bonds is 2. The Bertz CT molecular complexity index is 528. The topological polar surface area (TPSA) is 84.3 Å². The molecule has 0 spiro atoms. The van der Waals surface area contributed by atoms with Gasteiger partial charge in [-0.1, -0.05) is 0 Å². The van der Waals surface area contributed by atoms with Gasteiger partial charge in [0.15, 0.2) is 6.23 Å². The van der Waals surface area contributed by atoms with E-state index in [1.165, 1.54) is 6.20 Å². The summed E-state index contributed by atoms with van der Waals surface area (Å²) in [6, 6.07) is 0. The van der Waals surface area contributed by atoms with Gasteiger partial charge in [-0.05, 0) is 22.6 Å². The third kappa shape index (κ3) is 2.43. The summed E-state index contributed by atoms with van der Waals surface area (Å²) in [5.74, 6) is 0. The Labute approximate surface area is 109 Å². The number of aliphatic hydroxyl groups excluding tert-OH is 1. The first kappa shape index (κ1) is 12.7. The third-order valence-electron chi connectivity index (χ3n) is 2.53. The van der Waals surface area contributed by atoms with Crippen molar-refractivity contribution in [2.24, 2.45) is 0 Å². The van der Waals surface area contributed by atoms with Crippen LogP contribution in [0.5, 0.6) is 0 Å². The van der Waals surface area contributed by atoms with Crippen LogP contribution in [0.4, 0.5) is 4.39 Å². The van der Waals surface area contributed by atoms with Crippen molar-refractivity contribution in [1.82, 2.24) is 9.55 Å². The van der Waals surface area contributed by atoms with Gasteiger partial charge in [-0.15, -0.1) is 0 Å². The van der Waals surface area contributed by atoms with Gasteiger partial charge in [0, 0.05) is 12.6 Å². The Morgan fingerprint density at radius 3 is 2.94 bits per heavy atom. The molecular weight excluding hydrogens is 346 g/mol. The second-order valence-corrected chi connectivity index (χ2v) is 4.89. The van der Waals surface area contributed by atoms with Gasteiger partial charge in [-0.3, -0.25) is 14.3 Å². The highest BCUT2D eigenvalue weighted by Crippen LogP contribution is 2.29. The molecule has 0 aliphatic carbocycles. The van der Waals surface area contributed by atoms with E-state index >= 15 is 0 Å². The van der Waals surface area contributed by atoms with Crippen LogP contribution in [0.1, 0.15) is 12.6 Å². The Hall–Kier alpha value is -0.740. The lowest BCUT2D eigenvalue weighted by Crippen LogP contribution is -2.35. The summed E-state index contributed by atoms with van der Waals surface area (Å²) in [6.07, 6.45) is -1.81. The predicted octanol–water partition coefficient (Wildman–Crippen LogP) is -0.241. The molecule has 1 aromatic heterocycles. The Morgan fingerprint density at radius 2 is 2.35 bits per heavy atom. The van der Waals surface area contributed by atoms with Gasteiger partial charge in [0.1, 0.15) is 6.17 Å².